The Morgan fingerprint density at radius 1 is 1.48 bits per heavy atom. The van der Waals surface area contributed by atoms with Gasteiger partial charge in [-0.1, -0.05) is 0 Å². The fraction of sp³-hybridized carbons (Fsp3) is 0.500. The summed E-state index contributed by atoms with van der Waals surface area (Å²) in [5.74, 6) is 1.33. The molecule has 1 aliphatic rings. The average molecular weight is 320 g/mol. The number of morpholine rings is 1. The Kier molecular flexibility index (Phi) is 4.89. The van der Waals surface area contributed by atoms with E-state index in [0.717, 1.165) is 29.8 Å². The fourth-order valence-electron chi connectivity index (χ4n) is 2.41. The van der Waals surface area contributed by atoms with E-state index in [4.69, 9.17) is 9.47 Å². The van der Waals surface area contributed by atoms with E-state index < -0.39 is 0 Å². The number of nitrogens with zero attached hydrogens (tertiary/aromatic N) is 3. The predicted molar refractivity (Wildman–Crippen MR) is 85.8 cm³/mol. The van der Waals surface area contributed by atoms with E-state index in [2.05, 4.69) is 30.7 Å². The molecule has 1 saturated heterocycles. The van der Waals surface area contributed by atoms with Gasteiger partial charge in [-0.2, -0.15) is 5.10 Å². The van der Waals surface area contributed by atoms with Crippen LogP contribution < -0.4 is 15.5 Å². The van der Waals surface area contributed by atoms with Gasteiger partial charge in [-0.05, 0) is 0 Å². The lowest BCUT2D eigenvalue weighted by Crippen LogP contribution is -2.36. The van der Waals surface area contributed by atoms with Crippen LogP contribution in [0.3, 0.4) is 0 Å². The second-order valence-electron chi connectivity index (χ2n) is 5.14. The molecule has 0 spiro atoms. The van der Waals surface area contributed by atoms with Crippen LogP contribution >= 0.6 is 0 Å². The van der Waals surface area contributed by atoms with Gasteiger partial charge in [0.05, 0.1) is 30.7 Å². The lowest BCUT2D eigenvalue weighted by molar-refractivity contribution is 0.122. The highest BCUT2D eigenvalue weighted by atomic mass is 16.5. The summed E-state index contributed by atoms with van der Waals surface area (Å²) in [7, 11) is 1.58. The van der Waals surface area contributed by atoms with Crippen molar-refractivity contribution in [2.75, 3.05) is 56.8 Å². The van der Waals surface area contributed by atoms with Crippen molar-refractivity contribution in [3.8, 4) is 0 Å². The number of amides is 2. The van der Waals surface area contributed by atoms with Crippen LogP contribution in [0.25, 0.3) is 10.9 Å². The zero-order chi connectivity index (χ0) is 16.1. The summed E-state index contributed by atoms with van der Waals surface area (Å²) in [6.45, 7) is 3.91. The van der Waals surface area contributed by atoms with E-state index in [0.29, 0.717) is 32.2 Å². The maximum atomic E-state index is 11.7. The molecule has 3 rings (SSSR count). The Balaban J connectivity index is 1.69. The van der Waals surface area contributed by atoms with Crippen molar-refractivity contribution in [1.29, 1.82) is 0 Å². The van der Waals surface area contributed by atoms with E-state index in [1.54, 1.807) is 19.4 Å². The molecule has 0 unspecified atom stereocenters. The van der Waals surface area contributed by atoms with Gasteiger partial charge in [0.1, 0.15) is 5.82 Å². The van der Waals surface area contributed by atoms with Gasteiger partial charge in [0, 0.05) is 39.0 Å². The first kappa shape index (κ1) is 15.5. The van der Waals surface area contributed by atoms with Gasteiger partial charge in [-0.25, -0.2) is 9.78 Å². The summed E-state index contributed by atoms with van der Waals surface area (Å²) in [6.07, 6.45) is 1.72. The van der Waals surface area contributed by atoms with Crippen LogP contribution in [-0.2, 0) is 9.47 Å². The molecular formula is C14H20N6O3. The lowest BCUT2D eigenvalue weighted by atomic mass is 10.3. The standard InChI is InChI=1S/C14H20N6O3/c1-22-5-2-15-14(21)17-12-8-11-10(9-16-12)13(19-18-11)20-3-6-23-7-4-20/h8-9H,2-7H2,1H3,(H,18,19)(H2,15,16,17,21). The van der Waals surface area contributed by atoms with Crippen LogP contribution in [0.1, 0.15) is 0 Å². The number of anilines is 2. The number of pyridine rings is 1. The largest absolute Gasteiger partial charge is 0.383 e. The summed E-state index contributed by atoms with van der Waals surface area (Å²) in [5, 5.41) is 13.6. The van der Waals surface area contributed by atoms with Gasteiger partial charge in [0.15, 0.2) is 5.82 Å². The van der Waals surface area contributed by atoms with Crippen LogP contribution in [0.4, 0.5) is 16.4 Å². The molecule has 0 atom stereocenters. The third-order valence-electron chi connectivity index (χ3n) is 3.57. The average Bonchev–Trinajstić information content (AvgIpc) is 2.99. The van der Waals surface area contributed by atoms with Gasteiger partial charge < -0.3 is 19.7 Å². The number of nitrogens with one attached hydrogen (secondary N) is 3. The monoisotopic (exact) mass is 320 g/mol. The summed E-state index contributed by atoms with van der Waals surface area (Å²) in [6, 6.07) is 1.45. The second kappa shape index (κ2) is 7.25. The van der Waals surface area contributed by atoms with Crippen molar-refractivity contribution < 1.29 is 14.3 Å². The Bertz CT molecular complexity index is 668. The third kappa shape index (κ3) is 3.69. The SMILES string of the molecule is COCCNC(=O)Nc1cc2[nH]nc(N3CCOCC3)c2cn1. The maximum absolute atomic E-state index is 11.7. The summed E-state index contributed by atoms with van der Waals surface area (Å²) < 4.78 is 10.2. The van der Waals surface area contributed by atoms with Gasteiger partial charge in [0.2, 0.25) is 0 Å². The highest BCUT2D eigenvalue weighted by molar-refractivity contribution is 5.94. The molecule has 2 aromatic rings. The number of aromatic amines is 1. The maximum Gasteiger partial charge on any atom is 0.320 e. The number of urea groups is 1. The van der Waals surface area contributed by atoms with Crippen molar-refractivity contribution in [3.63, 3.8) is 0 Å². The van der Waals surface area contributed by atoms with Crippen molar-refractivity contribution >= 4 is 28.6 Å². The minimum absolute atomic E-state index is 0.318. The van der Waals surface area contributed by atoms with Crippen LogP contribution in [0.2, 0.25) is 0 Å². The number of hydrogen-bond donors (Lipinski definition) is 3. The second-order valence-corrected chi connectivity index (χ2v) is 5.14. The van der Waals surface area contributed by atoms with Gasteiger partial charge in [-0.15, -0.1) is 0 Å². The number of carbonyl (C=O) groups excluding carboxylic acids is 1. The lowest BCUT2D eigenvalue weighted by Gasteiger charge is -2.26. The number of carbonyl (C=O) groups is 1. The van der Waals surface area contributed by atoms with Crippen molar-refractivity contribution in [1.82, 2.24) is 20.5 Å². The quantitative estimate of drug-likeness (QED) is 0.696. The molecular weight excluding hydrogens is 300 g/mol. The predicted octanol–water partition coefficient (Wildman–Crippen LogP) is 0.562. The molecule has 2 amide bonds. The Morgan fingerprint density at radius 2 is 2.30 bits per heavy atom. The summed E-state index contributed by atoms with van der Waals surface area (Å²) in [4.78, 5) is 18.2. The van der Waals surface area contributed by atoms with E-state index in [1.807, 2.05) is 0 Å². The number of ether oxygens (including phenoxy) is 2. The Hall–Kier alpha value is -2.39. The Labute approximate surface area is 133 Å². The number of rotatable bonds is 5. The highest BCUT2D eigenvalue weighted by Gasteiger charge is 2.17. The van der Waals surface area contributed by atoms with Gasteiger partial charge >= 0.3 is 6.03 Å². The minimum Gasteiger partial charge on any atom is -0.383 e. The number of aromatic nitrogens is 3. The fourth-order valence-corrected chi connectivity index (χ4v) is 2.41. The molecule has 9 heteroatoms. The molecule has 0 radical (unpaired) electrons. The normalized spacial score (nSPS) is 14.9. The minimum atomic E-state index is -0.318. The van der Waals surface area contributed by atoms with Crippen molar-refractivity contribution in [2.45, 2.75) is 0 Å². The first-order valence-electron chi connectivity index (χ1n) is 7.48. The molecule has 0 saturated carbocycles. The molecule has 0 aliphatic carbocycles. The number of fused-ring (bicyclic) bond motifs is 1. The van der Waals surface area contributed by atoms with Crippen LogP contribution in [0.5, 0.6) is 0 Å². The molecule has 9 nitrogen and oxygen atoms in total. The zero-order valence-corrected chi connectivity index (χ0v) is 13.0. The van der Waals surface area contributed by atoms with E-state index >= 15 is 0 Å². The smallest absolute Gasteiger partial charge is 0.320 e. The molecule has 1 fully saturated rings. The van der Waals surface area contributed by atoms with E-state index in [-0.39, 0.29) is 6.03 Å². The first-order valence-corrected chi connectivity index (χ1v) is 7.48. The van der Waals surface area contributed by atoms with Crippen molar-refractivity contribution in [3.05, 3.63) is 12.3 Å². The molecule has 3 N–H and O–H groups in total. The number of methoxy groups -OCH3 is 1. The molecule has 1 aliphatic heterocycles. The highest BCUT2D eigenvalue weighted by Crippen LogP contribution is 2.25. The summed E-state index contributed by atoms with van der Waals surface area (Å²) >= 11 is 0. The molecule has 23 heavy (non-hydrogen) atoms. The number of H-pyrrole nitrogens is 1. The van der Waals surface area contributed by atoms with Crippen LogP contribution in [0.15, 0.2) is 12.3 Å². The van der Waals surface area contributed by atoms with Crippen LogP contribution in [-0.4, -0.2) is 67.8 Å². The van der Waals surface area contributed by atoms with Gasteiger partial charge in [-0.3, -0.25) is 10.4 Å². The molecule has 0 aromatic carbocycles. The zero-order valence-electron chi connectivity index (χ0n) is 13.0. The van der Waals surface area contributed by atoms with E-state index in [9.17, 15) is 4.79 Å². The molecule has 0 bridgehead atoms. The number of hydrogen-bond acceptors (Lipinski definition) is 6. The molecule has 2 aromatic heterocycles. The molecule has 3 heterocycles. The third-order valence-corrected chi connectivity index (χ3v) is 3.57. The summed E-state index contributed by atoms with van der Waals surface area (Å²) in [5.41, 5.74) is 0.827. The first-order chi connectivity index (χ1) is 11.3. The van der Waals surface area contributed by atoms with Crippen molar-refractivity contribution in [2.24, 2.45) is 0 Å². The Morgan fingerprint density at radius 3 is 3.09 bits per heavy atom. The molecule has 124 valence electrons. The van der Waals surface area contributed by atoms with E-state index in [1.165, 1.54) is 0 Å². The van der Waals surface area contributed by atoms with Crippen LogP contribution in [0, 0.1) is 0 Å². The topological polar surface area (TPSA) is 104 Å². The van der Waals surface area contributed by atoms with Gasteiger partial charge in [0.25, 0.3) is 0 Å².